The highest BCUT2D eigenvalue weighted by Gasteiger charge is 2.32. The lowest BCUT2D eigenvalue weighted by Gasteiger charge is -2.19. The Bertz CT molecular complexity index is 1010. The highest BCUT2D eigenvalue weighted by atomic mass is 14.9. The third kappa shape index (κ3) is 1.96. The molecule has 1 heterocycles. The zero-order chi connectivity index (χ0) is 16.1. The van der Waals surface area contributed by atoms with Crippen molar-refractivity contribution in [1.82, 2.24) is 9.97 Å². The molecule has 0 N–H and O–H groups in total. The van der Waals surface area contributed by atoms with E-state index in [1.807, 2.05) is 13.0 Å². The van der Waals surface area contributed by atoms with Gasteiger partial charge in [-0.1, -0.05) is 60.7 Å². The van der Waals surface area contributed by atoms with Gasteiger partial charge in [0, 0.05) is 16.9 Å². The quantitative estimate of drug-likeness (QED) is 0.633. The van der Waals surface area contributed by atoms with Crippen molar-refractivity contribution in [3.63, 3.8) is 0 Å². The molecule has 3 aromatic rings. The third-order valence-electron chi connectivity index (χ3n) is 5.20. The molecule has 0 fully saturated rings. The summed E-state index contributed by atoms with van der Waals surface area (Å²) >= 11 is 0. The topological polar surface area (TPSA) is 25.8 Å². The highest BCUT2D eigenvalue weighted by molar-refractivity contribution is 5.93. The van der Waals surface area contributed by atoms with Crippen LogP contribution >= 0.6 is 0 Å². The second kappa shape index (κ2) is 5.13. The first-order valence-electron chi connectivity index (χ1n) is 8.52. The van der Waals surface area contributed by atoms with Crippen molar-refractivity contribution < 1.29 is 0 Å². The zero-order valence-electron chi connectivity index (χ0n) is 13.6. The van der Waals surface area contributed by atoms with Gasteiger partial charge < -0.3 is 0 Å². The van der Waals surface area contributed by atoms with Crippen LogP contribution in [0, 0.1) is 12.8 Å². The Balaban J connectivity index is 1.80. The lowest BCUT2D eigenvalue weighted by atomic mass is 9.86. The maximum atomic E-state index is 4.83. The number of aryl methyl sites for hydroxylation is 1. The zero-order valence-corrected chi connectivity index (χ0v) is 13.6. The van der Waals surface area contributed by atoms with Gasteiger partial charge in [-0.25, -0.2) is 9.97 Å². The van der Waals surface area contributed by atoms with Gasteiger partial charge in [0.2, 0.25) is 0 Å². The Kier molecular flexibility index (Phi) is 2.93. The standard InChI is InChI=1S/C22H18N2/c1-14-23-20-12-5-4-10-18(20)22(24-14)19-11-6-8-16-13-15-7-2-3-9-17(15)21(16)19/h2-12,15,17H,13H2,1H3. The van der Waals surface area contributed by atoms with Crippen LogP contribution in [-0.4, -0.2) is 9.97 Å². The molecule has 5 rings (SSSR count). The molecular formula is C22H18N2. The summed E-state index contributed by atoms with van der Waals surface area (Å²) in [6, 6.07) is 15.0. The molecule has 0 radical (unpaired) electrons. The van der Waals surface area contributed by atoms with Gasteiger partial charge in [0.25, 0.3) is 0 Å². The summed E-state index contributed by atoms with van der Waals surface area (Å²) in [6.07, 6.45) is 10.2. The van der Waals surface area contributed by atoms with E-state index in [0.29, 0.717) is 11.8 Å². The minimum Gasteiger partial charge on any atom is -0.233 e. The molecule has 0 spiro atoms. The van der Waals surface area contributed by atoms with Crippen LogP contribution in [0.5, 0.6) is 0 Å². The summed E-state index contributed by atoms with van der Waals surface area (Å²) < 4.78 is 0. The molecule has 2 aliphatic rings. The van der Waals surface area contributed by atoms with Crippen LogP contribution in [-0.2, 0) is 6.42 Å². The molecule has 0 saturated carbocycles. The highest BCUT2D eigenvalue weighted by Crippen LogP contribution is 2.46. The monoisotopic (exact) mass is 310 g/mol. The van der Waals surface area contributed by atoms with Gasteiger partial charge in [-0.05, 0) is 36.5 Å². The maximum Gasteiger partial charge on any atom is 0.126 e. The van der Waals surface area contributed by atoms with E-state index in [-0.39, 0.29) is 0 Å². The lowest BCUT2D eigenvalue weighted by Crippen LogP contribution is -2.05. The minimum atomic E-state index is 0.468. The lowest BCUT2D eigenvalue weighted by molar-refractivity contribution is 0.630. The fourth-order valence-corrected chi connectivity index (χ4v) is 4.20. The van der Waals surface area contributed by atoms with Gasteiger partial charge in [-0.2, -0.15) is 0 Å². The predicted octanol–water partition coefficient (Wildman–Crippen LogP) is 4.99. The molecule has 0 saturated heterocycles. The first-order chi connectivity index (χ1) is 11.8. The molecule has 2 aliphatic carbocycles. The van der Waals surface area contributed by atoms with Crippen molar-refractivity contribution in [2.24, 2.45) is 5.92 Å². The second-order valence-corrected chi connectivity index (χ2v) is 6.68. The van der Waals surface area contributed by atoms with Crippen molar-refractivity contribution in [1.29, 1.82) is 0 Å². The molecular weight excluding hydrogens is 292 g/mol. The molecule has 0 amide bonds. The first-order valence-corrected chi connectivity index (χ1v) is 8.52. The average Bonchev–Trinajstić information content (AvgIpc) is 2.99. The number of rotatable bonds is 1. The van der Waals surface area contributed by atoms with Crippen molar-refractivity contribution in [2.75, 3.05) is 0 Å². The number of hydrogen-bond donors (Lipinski definition) is 0. The average molecular weight is 310 g/mol. The van der Waals surface area contributed by atoms with Gasteiger partial charge in [0.15, 0.2) is 0 Å². The molecule has 1 aromatic heterocycles. The van der Waals surface area contributed by atoms with Crippen molar-refractivity contribution in [3.8, 4) is 11.3 Å². The molecule has 2 nitrogen and oxygen atoms in total. The number of benzene rings is 2. The van der Waals surface area contributed by atoms with Gasteiger partial charge >= 0.3 is 0 Å². The fraction of sp³-hybridized carbons (Fsp3) is 0.182. The van der Waals surface area contributed by atoms with Crippen molar-refractivity contribution >= 4 is 10.9 Å². The van der Waals surface area contributed by atoms with E-state index in [4.69, 9.17) is 4.98 Å². The van der Waals surface area contributed by atoms with Gasteiger partial charge in [-0.3, -0.25) is 0 Å². The van der Waals surface area contributed by atoms with Crippen LogP contribution in [0.25, 0.3) is 22.2 Å². The van der Waals surface area contributed by atoms with Crippen LogP contribution in [0.3, 0.4) is 0 Å². The van der Waals surface area contributed by atoms with Crippen LogP contribution in [0.15, 0.2) is 66.8 Å². The van der Waals surface area contributed by atoms with E-state index in [0.717, 1.165) is 28.8 Å². The molecule has 2 atom stereocenters. The van der Waals surface area contributed by atoms with Crippen LogP contribution < -0.4 is 0 Å². The smallest absolute Gasteiger partial charge is 0.126 e. The van der Waals surface area contributed by atoms with Gasteiger partial charge in [-0.15, -0.1) is 0 Å². The number of aromatic nitrogens is 2. The van der Waals surface area contributed by atoms with Crippen molar-refractivity contribution in [2.45, 2.75) is 19.3 Å². The van der Waals surface area contributed by atoms with E-state index >= 15 is 0 Å². The number of fused-ring (bicyclic) bond motifs is 4. The molecule has 0 aliphatic heterocycles. The van der Waals surface area contributed by atoms with Crippen LogP contribution in [0.4, 0.5) is 0 Å². The second-order valence-electron chi connectivity index (χ2n) is 6.68. The van der Waals surface area contributed by atoms with E-state index < -0.39 is 0 Å². The van der Waals surface area contributed by atoms with Crippen LogP contribution in [0.1, 0.15) is 22.9 Å². The normalized spacial score (nSPS) is 21.0. The molecule has 0 bridgehead atoms. The number of hydrogen-bond acceptors (Lipinski definition) is 2. The van der Waals surface area contributed by atoms with Gasteiger partial charge in [0.05, 0.1) is 11.2 Å². The first kappa shape index (κ1) is 13.7. The Labute approximate surface area is 141 Å². The molecule has 2 aromatic carbocycles. The Morgan fingerprint density at radius 3 is 2.75 bits per heavy atom. The summed E-state index contributed by atoms with van der Waals surface area (Å²) in [5.41, 5.74) is 6.26. The van der Waals surface area contributed by atoms with Crippen LogP contribution in [0.2, 0.25) is 0 Å². The summed E-state index contributed by atoms with van der Waals surface area (Å²) in [5, 5.41) is 1.13. The van der Waals surface area contributed by atoms with Crippen molar-refractivity contribution in [3.05, 3.63) is 83.7 Å². The van der Waals surface area contributed by atoms with E-state index in [9.17, 15) is 0 Å². The summed E-state index contributed by atoms with van der Waals surface area (Å²) in [6.45, 7) is 1.98. The summed E-state index contributed by atoms with van der Waals surface area (Å²) in [7, 11) is 0. The Hall–Kier alpha value is -2.74. The van der Waals surface area contributed by atoms with Gasteiger partial charge in [0.1, 0.15) is 5.82 Å². The largest absolute Gasteiger partial charge is 0.233 e. The van der Waals surface area contributed by atoms with E-state index in [1.54, 1.807) is 0 Å². The number of nitrogens with zero attached hydrogens (tertiary/aromatic N) is 2. The molecule has 116 valence electrons. The van der Waals surface area contributed by atoms with E-state index in [1.165, 1.54) is 16.7 Å². The number of para-hydroxylation sites is 1. The predicted molar refractivity (Wildman–Crippen MR) is 97.9 cm³/mol. The Morgan fingerprint density at radius 1 is 0.917 bits per heavy atom. The SMILES string of the molecule is Cc1nc(-c2cccc3c2C2C=CC=CC2C3)c2ccccc2n1. The molecule has 24 heavy (non-hydrogen) atoms. The number of allylic oxidation sites excluding steroid dienone is 4. The van der Waals surface area contributed by atoms with E-state index in [2.05, 4.69) is 65.7 Å². The maximum absolute atomic E-state index is 4.83. The molecule has 2 heteroatoms. The summed E-state index contributed by atoms with van der Waals surface area (Å²) in [5.74, 6) is 1.88. The molecule has 2 unspecified atom stereocenters. The third-order valence-corrected chi connectivity index (χ3v) is 5.20. The Morgan fingerprint density at radius 2 is 1.79 bits per heavy atom. The summed E-state index contributed by atoms with van der Waals surface area (Å²) in [4.78, 5) is 9.43. The minimum absolute atomic E-state index is 0.468. The fourth-order valence-electron chi connectivity index (χ4n) is 4.20.